The number of benzene rings is 6. The van der Waals surface area contributed by atoms with Crippen LogP contribution in [0.15, 0.2) is 182 Å². The van der Waals surface area contributed by atoms with Gasteiger partial charge in [-0.1, -0.05) is 122 Å². The van der Waals surface area contributed by atoms with Crippen molar-refractivity contribution in [1.82, 2.24) is 10.2 Å². The van der Waals surface area contributed by atoms with E-state index in [-0.39, 0.29) is 0 Å². The highest BCUT2D eigenvalue weighted by atomic mass is 31.2. The third-order valence-corrected chi connectivity index (χ3v) is 16.5. The summed E-state index contributed by atoms with van der Waals surface area (Å²) in [4.78, 5) is 0. The molecule has 0 aromatic heterocycles. The highest BCUT2D eigenvalue weighted by molar-refractivity contribution is 7.94. The standard InChI is InChI=1S/C42H44N2P2/c1(21-35-43-45(37-23-9-3-10-24-37,38-25-11-4-12-26-38)39-27-13-5-14-28-39)2-22-36-44-46(40-29-15-6-16-30-40,41-31-17-7-18-32-41)42-33-19-8-20-34-42/h3-20,23-34,43-44H,1-2,21-22,35-36H2/q+2. The Morgan fingerprint density at radius 3 is 0.652 bits per heavy atom. The fraction of sp³-hybridized carbons (Fsp3) is 0.143. The fourth-order valence-electron chi connectivity index (χ4n) is 6.45. The largest absolute Gasteiger partial charge is 0.178 e. The van der Waals surface area contributed by atoms with Crippen LogP contribution in [0.4, 0.5) is 0 Å². The Morgan fingerprint density at radius 2 is 0.457 bits per heavy atom. The molecule has 0 aliphatic carbocycles. The average Bonchev–Trinajstić information content (AvgIpc) is 3.15. The Hall–Kier alpha value is -3.90. The maximum Gasteiger partial charge on any atom is 0.178 e. The zero-order valence-electron chi connectivity index (χ0n) is 26.5. The topological polar surface area (TPSA) is 24.1 Å². The predicted octanol–water partition coefficient (Wildman–Crippen LogP) is 7.54. The Labute approximate surface area is 276 Å². The van der Waals surface area contributed by atoms with Gasteiger partial charge in [0, 0.05) is 13.1 Å². The molecule has 0 aliphatic rings. The van der Waals surface area contributed by atoms with Gasteiger partial charge in [-0.3, -0.25) is 0 Å². The van der Waals surface area contributed by atoms with Crippen LogP contribution in [-0.4, -0.2) is 13.1 Å². The minimum absolute atomic E-state index is 0.981. The van der Waals surface area contributed by atoms with E-state index >= 15 is 0 Å². The van der Waals surface area contributed by atoms with Gasteiger partial charge in [0.2, 0.25) is 0 Å². The maximum absolute atomic E-state index is 4.16. The molecule has 0 fully saturated rings. The van der Waals surface area contributed by atoms with Gasteiger partial charge in [-0.05, 0) is 85.6 Å². The molecule has 2 N–H and O–H groups in total. The number of unbranched alkanes of at least 4 members (excludes halogenated alkanes) is 3. The maximum atomic E-state index is 4.16. The molecule has 6 rings (SSSR count). The third kappa shape index (κ3) is 7.07. The lowest BCUT2D eigenvalue weighted by Gasteiger charge is -2.28. The van der Waals surface area contributed by atoms with Crippen LogP contribution in [0.3, 0.4) is 0 Å². The van der Waals surface area contributed by atoms with Crippen LogP contribution in [0.25, 0.3) is 0 Å². The average molecular weight is 639 g/mol. The molecule has 0 heterocycles. The lowest BCUT2D eigenvalue weighted by molar-refractivity contribution is 0.632. The van der Waals surface area contributed by atoms with Crippen LogP contribution in [0.2, 0.25) is 0 Å². The number of hydrogen-bond acceptors (Lipinski definition) is 2. The summed E-state index contributed by atoms with van der Waals surface area (Å²) in [5.41, 5.74) is 0. The predicted molar refractivity (Wildman–Crippen MR) is 205 cm³/mol. The molecule has 0 radical (unpaired) electrons. The molecule has 0 saturated carbocycles. The van der Waals surface area contributed by atoms with E-state index in [1.54, 1.807) is 0 Å². The molecule has 0 saturated heterocycles. The van der Waals surface area contributed by atoms with E-state index in [4.69, 9.17) is 0 Å². The first-order chi connectivity index (χ1) is 22.8. The zero-order valence-corrected chi connectivity index (χ0v) is 28.2. The first-order valence-electron chi connectivity index (χ1n) is 16.5. The quantitative estimate of drug-likeness (QED) is 0.0897. The number of rotatable bonds is 15. The van der Waals surface area contributed by atoms with E-state index in [1.807, 2.05) is 0 Å². The van der Waals surface area contributed by atoms with Gasteiger partial charge in [0.25, 0.3) is 0 Å². The summed E-state index contributed by atoms with van der Waals surface area (Å²) in [6, 6.07) is 66.4. The minimum atomic E-state index is -2.00. The van der Waals surface area contributed by atoms with Crippen molar-refractivity contribution >= 4 is 46.7 Å². The Balaban J connectivity index is 1.14. The first kappa shape index (κ1) is 32.1. The van der Waals surface area contributed by atoms with E-state index < -0.39 is 14.8 Å². The molecule has 230 valence electrons. The second kappa shape index (κ2) is 16.1. The molecule has 46 heavy (non-hydrogen) atoms. The van der Waals surface area contributed by atoms with Gasteiger partial charge in [0.1, 0.15) is 31.8 Å². The monoisotopic (exact) mass is 638 g/mol. The molecular weight excluding hydrogens is 594 g/mol. The van der Waals surface area contributed by atoms with Crippen molar-refractivity contribution in [3.63, 3.8) is 0 Å². The molecule has 6 aromatic carbocycles. The molecule has 0 spiro atoms. The summed E-state index contributed by atoms with van der Waals surface area (Å²) in [7, 11) is -3.99. The van der Waals surface area contributed by atoms with Crippen molar-refractivity contribution in [2.24, 2.45) is 0 Å². The van der Waals surface area contributed by atoms with Gasteiger partial charge in [-0.2, -0.15) is 10.2 Å². The molecule has 6 aromatic rings. The van der Waals surface area contributed by atoms with Gasteiger partial charge in [0.15, 0.2) is 14.8 Å². The van der Waals surface area contributed by atoms with Crippen molar-refractivity contribution in [2.45, 2.75) is 25.7 Å². The van der Waals surface area contributed by atoms with Crippen molar-refractivity contribution in [3.8, 4) is 0 Å². The van der Waals surface area contributed by atoms with E-state index in [0.29, 0.717) is 0 Å². The molecule has 0 unspecified atom stereocenters. The smallest absolute Gasteiger partial charge is 0.178 e. The van der Waals surface area contributed by atoms with Crippen LogP contribution in [-0.2, 0) is 0 Å². The Morgan fingerprint density at radius 1 is 0.261 bits per heavy atom. The molecule has 4 heteroatoms. The van der Waals surface area contributed by atoms with Crippen molar-refractivity contribution in [1.29, 1.82) is 0 Å². The van der Waals surface area contributed by atoms with Gasteiger partial charge in [0.05, 0.1) is 0 Å². The molecule has 0 amide bonds. The highest BCUT2D eigenvalue weighted by Crippen LogP contribution is 2.52. The fourth-order valence-corrected chi connectivity index (χ4v) is 14.0. The van der Waals surface area contributed by atoms with Gasteiger partial charge >= 0.3 is 0 Å². The summed E-state index contributed by atoms with van der Waals surface area (Å²) < 4.78 is 0. The van der Waals surface area contributed by atoms with Crippen molar-refractivity contribution in [3.05, 3.63) is 182 Å². The van der Waals surface area contributed by atoms with Gasteiger partial charge < -0.3 is 0 Å². The molecule has 2 nitrogen and oxygen atoms in total. The Kier molecular flexibility index (Phi) is 11.2. The van der Waals surface area contributed by atoms with Crippen LogP contribution < -0.4 is 42.0 Å². The van der Waals surface area contributed by atoms with Crippen LogP contribution in [0, 0.1) is 0 Å². The summed E-state index contributed by atoms with van der Waals surface area (Å²) in [5.74, 6) is 0. The second-order valence-corrected chi connectivity index (χ2v) is 18.0. The van der Waals surface area contributed by atoms with Gasteiger partial charge in [-0.25, -0.2) is 0 Å². The SMILES string of the molecule is c1ccc([P+](NCCCCCCN[P+](c2ccccc2)(c2ccccc2)c2ccccc2)(c2ccccc2)c2ccccc2)cc1. The second-order valence-electron chi connectivity index (χ2n) is 11.6. The van der Waals surface area contributed by atoms with E-state index in [9.17, 15) is 0 Å². The zero-order chi connectivity index (χ0) is 31.3. The molecule has 0 atom stereocenters. The van der Waals surface area contributed by atoms with E-state index in [2.05, 4.69) is 192 Å². The Bertz CT molecular complexity index is 1390. The first-order valence-corrected chi connectivity index (χ1v) is 20.0. The summed E-state index contributed by atoms with van der Waals surface area (Å²) in [6.45, 7) is 1.96. The third-order valence-electron chi connectivity index (χ3n) is 8.66. The molecule has 0 bridgehead atoms. The summed E-state index contributed by atoms with van der Waals surface area (Å²) in [6.07, 6.45) is 4.68. The number of hydrogen-bond donors (Lipinski definition) is 2. The summed E-state index contributed by atoms with van der Waals surface area (Å²) in [5, 5.41) is 16.6. The highest BCUT2D eigenvalue weighted by Gasteiger charge is 2.46. The lowest BCUT2D eigenvalue weighted by atomic mass is 10.2. The van der Waals surface area contributed by atoms with E-state index in [0.717, 1.165) is 25.9 Å². The van der Waals surface area contributed by atoms with Crippen LogP contribution in [0.1, 0.15) is 25.7 Å². The molecule has 0 aliphatic heterocycles. The normalized spacial score (nSPS) is 11.7. The number of nitrogens with one attached hydrogen (secondary N) is 2. The van der Waals surface area contributed by atoms with Crippen LogP contribution in [0.5, 0.6) is 0 Å². The minimum Gasteiger partial charge on any atom is -0.178 e. The molecular formula is C42H44N2P2+2. The summed E-state index contributed by atoms with van der Waals surface area (Å²) >= 11 is 0. The van der Waals surface area contributed by atoms with Gasteiger partial charge in [-0.15, -0.1) is 0 Å². The van der Waals surface area contributed by atoms with E-state index in [1.165, 1.54) is 44.7 Å². The lowest BCUT2D eigenvalue weighted by Crippen LogP contribution is -2.41. The van der Waals surface area contributed by atoms with Crippen LogP contribution >= 0.6 is 14.8 Å². The van der Waals surface area contributed by atoms with Crippen molar-refractivity contribution in [2.75, 3.05) is 13.1 Å². The van der Waals surface area contributed by atoms with Crippen molar-refractivity contribution < 1.29 is 0 Å².